The second kappa shape index (κ2) is 8.76. The Morgan fingerprint density at radius 1 is 1.06 bits per heavy atom. The van der Waals surface area contributed by atoms with Crippen molar-refractivity contribution in [1.82, 2.24) is 35.1 Å². The summed E-state index contributed by atoms with van der Waals surface area (Å²) in [6.07, 6.45) is 3.03. The van der Waals surface area contributed by atoms with Gasteiger partial charge in [-0.15, -0.1) is 5.10 Å². The van der Waals surface area contributed by atoms with E-state index < -0.39 is 0 Å². The van der Waals surface area contributed by atoms with E-state index in [1.165, 1.54) is 17.1 Å². The lowest BCUT2D eigenvalue weighted by molar-refractivity contribution is 0.0933. The summed E-state index contributed by atoms with van der Waals surface area (Å²) in [4.78, 5) is 29.6. The molecule has 0 saturated heterocycles. The fourth-order valence-electron chi connectivity index (χ4n) is 2.94. The highest BCUT2D eigenvalue weighted by Gasteiger charge is 2.21. The number of pyridine rings is 1. The van der Waals surface area contributed by atoms with Gasteiger partial charge in [-0.25, -0.2) is 4.68 Å². The van der Waals surface area contributed by atoms with Crippen LogP contribution in [0.15, 0.2) is 24.5 Å². The van der Waals surface area contributed by atoms with Gasteiger partial charge in [-0.2, -0.15) is 5.10 Å². The van der Waals surface area contributed by atoms with E-state index >= 15 is 0 Å². The number of hydrogen-bond donors (Lipinski definition) is 2. The van der Waals surface area contributed by atoms with Crippen molar-refractivity contribution in [1.29, 1.82) is 0 Å². The van der Waals surface area contributed by atoms with Gasteiger partial charge in [0.15, 0.2) is 5.69 Å². The molecule has 10 nitrogen and oxygen atoms in total. The van der Waals surface area contributed by atoms with Gasteiger partial charge in [-0.1, -0.05) is 46.8 Å². The summed E-state index contributed by atoms with van der Waals surface area (Å²) in [7, 11) is 1.78. The van der Waals surface area contributed by atoms with Crippen molar-refractivity contribution < 1.29 is 9.59 Å². The maximum Gasteiger partial charge on any atom is 0.273 e. The van der Waals surface area contributed by atoms with E-state index in [4.69, 9.17) is 0 Å². The smallest absolute Gasteiger partial charge is 0.273 e. The molecule has 0 aromatic carbocycles. The first-order chi connectivity index (χ1) is 15.2. The third-order valence-corrected chi connectivity index (χ3v) is 4.96. The molecular weight excluding hydrogens is 420 g/mol. The maximum absolute atomic E-state index is 12.9. The summed E-state index contributed by atoms with van der Waals surface area (Å²) in [5.74, 6) is -0.0392. The molecule has 0 aliphatic carbocycles. The van der Waals surface area contributed by atoms with Crippen molar-refractivity contribution in [2.45, 2.75) is 53.9 Å². The first-order valence-corrected chi connectivity index (χ1v) is 10.8. The number of hydrogen-bond acceptors (Lipinski definition) is 6. The zero-order chi connectivity index (χ0) is 24.6. The van der Waals surface area contributed by atoms with E-state index in [0.29, 0.717) is 29.3 Å². The van der Waals surface area contributed by atoms with Gasteiger partial charge >= 0.3 is 0 Å². The molecule has 0 bridgehead atoms. The summed E-state index contributed by atoms with van der Waals surface area (Å²) in [6, 6.07) is 3.53. The summed E-state index contributed by atoms with van der Waals surface area (Å²) in [6.45, 7) is 14.6. The molecule has 2 N–H and O–H groups in total. The number of aryl methyl sites for hydroxylation is 2. The standard InChI is InChI=1S/C23H32N8O2/c1-14-17(31-12-16(27-29-31)21(33)25-13-22(2,3)4)9-15(11-24-14)20(32)26-19-10-18(23(5,6)7)28-30(19)8/h9-12H,13H2,1-8H3,(H,25,33)(H,26,32). The highest BCUT2D eigenvalue weighted by atomic mass is 16.2. The number of carbonyl (C=O) groups is 2. The normalized spacial score (nSPS) is 12.0. The molecule has 3 aromatic rings. The van der Waals surface area contributed by atoms with Crippen molar-refractivity contribution >= 4 is 17.6 Å². The molecule has 0 radical (unpaired) electrons. The van der Waals surface area contributed by atoms with Crippen molar-refractivity contribution in [2.75, 3.05) is 11.9 Å². The minimum atomic E-state index is -0.324. The fourth-order valence-corrected chi connectivity index (χ4v) is 2.94. The summed E-state index contributed by atoms with van der Waals surface area (Å²) in [5.41, 5.74) is 2.45. The zero-order valence-electron chi connectivity index (χ0n) is 20.5. The molecule has 0 unspecified atom stereocenters. The Hall–Kier alpha value is -3.56. The highest BCUT2D eigenvalue weighted by Crippen LogP contribution is 2.24. The van der Waals surface area contributed by atoms with E-state index in [0.717, 1.165) is 5.69 Å². The van der Waals surface area contributed by atoms with Crippen LogP contribution in [0.5, 0.6) is 0 Å². The average Bonchev–Trinajstić information content (AvgIpc) is 3.33. The molecule has 3 rings (SSSR count). The van der Waals surface area contributed by atoms with Crippen molar-refractivity contribution in [3.8, 4) is 5.69 Å². The number of aromatic nitrogens is 6. The van der Waals surface area contributed by atoms with Crippen LogP contribution in [0.1, 0.15) is 73.8 Å². The second-order valence-corrected chi connectivity index (χ2v) is 10.4. The molecule has 10 heteroatoms. The van der Waals surface area contributed by atoms with Gasteiger partial charge in [0.05, 0.1) is 28.8 Å². The van der Waals surface area contributed by atoms with Gasteiger partial charge < -0.3 is 10.6 Å². The average molecular weight is 453 g/mol. The number of amides is 2. The van der Waals surface area contributed by atoms with E-state index in [1.54, 1.807) is 24.7 Å². The van der Waals surface area contributed by atoms with Crippen LogP contribution in [-0.2, 0) is 12.5 Å². The van der Waals surface area contributed by atoms with E-state index in [-0.39, 0.29) is 28.3 Å². The molecule has 33 heavy (non-hydrogen) atoms. The monoisotopic (exact) mass is 452 g/mol. The number of carbonyl (C=O) groups excluding carboxylic acids is 2. The van der Waals surface area contributed by atoms with Crippen LogP contribution in [-0.4, -0.2) is 48.1 Å². The Morgan fingerprint density at radius 3 is 2.36 bits per heavy atom. The minimum Gasteiger partial charge on any atom is -0.350 e. The Bertz CT molecular complexity index is 1180. The largest absolute Gasteiger partial charge is 0.350 e. The van der Waals surface area contributed by atoms with E-state index in [9.17, 15) is 9.59 Å². The third kappa shape index (κ3) is 5.82. The summed E-state index contributed by atoms with van der Waals surface area (Å²) < 4.78 is 3.09. The molecule has 176 valence electrons. The van der Waals surface area contributed by atoms with Gasteiger partial charge in [0, 0.05) is 31.3 Å². The predicted molar refractivity (Wildman–Crippen MR) is 126 cm³/mol. The van der Waals surface area contributed by atoms with Crippen molar-refractivity contribution in [2.24, 2.45) is 12.5 Å². The lowest BCUT2D eigenvalue weighted by atomic mass is 9.92. The SMILES string of the molecule is Cc1ncc(C(=O)Nc2cc(C(C)(C)C)nn2C)cc1-n1cc(C(=O)NCC(C)(C)C)nn1. The molecule has 0 atom stereocenters. The maximum atomic E-state index is 12.9. The second-order valence-electron chi connectivity index (χ2n) is 10.4. The third-order valence-electron chi connectivity index (χ3n) is 4.96. The number of nitrogens with one attached hydrogen (secondary N) is 2. The number of nitrogens with zero attached hydrogens (tertiary/aromatic N) is 6. The Labute approximate surface area is 193 Å². The van der Waals surface area contributed by atoms with Crippen molar-refractivity contribution in [3.63, 3.8) is 0 Å². The molecule has 0 spiro atoms. The van der Waals surface area contributed by atoms with Gasteiger partial charge in [0.1, 0.15) is 5.82 Å². The van der Waals surface area contributed by atoms with Crippen LogP contribution in [0, 0.1) is 12.3 Å². The lowest BCUT2D eigenvalue weighted by Gasteiger charge is -2.17. The molecule has 0 fully saturated rings. The van der Waals surface area contributed by atoms with Gasteiger partial charge in [0.25, 0.3) is 11.8 Å². The molecule has 2 amide bonds. The molecule has 0 aliphatic rings. The molecule has 0 saturated carbocycles. The number of rotatable bonds is 5. The molecule has 0 aliphatic heterocycles. The Kier molecular flexibility index (Phi) is 6.40. The van der Waals surface area contributed by atoms with Crippen LogP contribution < -0.4 is 10.6 Å². The van der Waals surface area contributed by atoms with Crippen LogP contribution in [0.25, 0.3) is 5.69 Å². The van der Waals surface area contributed by atoms with Crippen LogP contribution in [0.3, 0.4) is 0 Å². The Balaban J connectivity index is 1.80. The van der Waals surface area contributed by atoms with E-state index in [1.807, 2.05) is 26.8 Å². The van der Waals surface area contributed by atoms with Crippen LogP contribution in [0.4, 0.5) is 5.82 Å². The quantitative estimate of drug-likeness (QED) is 0.614. The van der Waals surface area contributed by atoms with Gasteiger partial charge in [-0.05, 0) is 18.4 Å². The molecule has 3 aromatic heterocycles. The summed E-state index contributed by atoms with van der Waals surface area (Å²) in [5, 5.41) is 18.3. The minimum absolute atomic E-state index is 0.0463. The van der Waals surface area contributed by atoms with Crippen LogP contribution in [0.2, 0.25) is 0 Å². The highest BCUT2D eigenvalue weighted by molar-refractivity contribution is 6.04. The predicted octanol–water partition coefficient (Wildman–Crippen LogP) is 3.03. The topological polar surface area (TPSA) is 120 Å². The number of anilines is 1. The van der Waals surface area contributed by atoms with E-state index in [2.05, 4.69) is 51.8 Å². The molecular formula is C23H32N8O2. The lowest BCUT2D eigenvalue weighted by Crippen LogP contribution is -2.32. The van der Waals surface area contributed by atoms with Gasteiger partial charge in [-0.3, -0.25) is 19.3 Å². The molecule has 3 heterocycles. The van der Waals surface area contributed by atoms with Gasteiger partial charge in [0.2, 0.25) is 0 Å². The Morgan fingerprint density at radius 2 is 1.76 bits per heavy atom. The first kappa shape index (κ1) is 24.1. The fraction of sp³-hybridized carbons (Fsp3) is 0.478. The first-order valence-electron chi connectivity index (χ1n) is 10.8. The van der Waals surface area contributed by atoms with Crippen molar-refractivity contribution in [3.05, 3.63) is 47.2 Å². The van der Waals surface area contributed by atoms with Crippen LogP contribution >= 0.6 is 0 Å². The zero-order valence-corrected chi connectivity index (χ0v) is 20.5. The summed E-state index contributed by atoms with van der Waals surface area (Å²) >= 11 is 0.